The van der Waals surface area contributed by atoms with Crippen molar-refractivity contribution in [2.45, 2.75) is 32.2 Å². The monoisotopic (exact) mass is 423 g/mol. The molecule has 0 unspecified atom stereocenters. The molecule has 0 atom stereocenters. The van der Waals surface area contributed by atoms with E-state index in [1.165, 1.54) is 0 Å². The summed E-state index contributed by atoms with van der Waals surface area (Å²) in [6.07, 6.45) is 3.31. The van der Waals surface area contributed by atoms with E-state index < -0.39 is 15.9 Å². The number of hydrogen-bond donors (Lipinski definition) is 1. The summed E-state index contributed by atoms with van der Waals surface area (Å²) < 4.78 is 27.9. The molecule has 0 saturated heterocycles. The summed E-state index contributed by atoms with van der Waals surface area (Å²) in [6.45, 7) is 5.72. The zero-order chi connectivity index (χ0) is 21.7. The lowest BCUT2D eigenvalue weighted by molar-refractivity contribution is -0.119. The van der Waals surface area contributed by atoms with Gasteiger partial charge in [-0.2, -0.15) is 0 Å². The number of amides is 1. The number of nitrogens with zero attached hydrogens (tertiary/aromatic N) is 2. The predicted molar refractivity (Wildman–Crippen MR) is 118 cm³/mol. The van der Waals surface area contributed by atoms with Crippen LogP contribution < -0.4 is 9.62 Å². The first-order chi connectivity index (χ1) is 14.3. The van der Waals surface area contributed by atoms with Gasteiger partial charge in [0, 0.05) is 18.9 Å². The number of benzene rings is 2. The van der Waals surface area contributed by atoms with E-state index in [9.17, 15) is 13.2 Å². The maximum atomic E-state index is 13.4. The van der Waals surface area contributed by atoms with Crippen LogP contribution in [0.4, 0.5) is 5.69 Å². The second-order valence-electron chi connectivity index (χ2n) is 7.23. The smallest absolute Gasteiger partial charge is 0.264 e. The number of carbonyl (C=O) groups excluding carboxylic acids is 1. The van der Waals surface area contributed by atoms with Crippen molar-refractivity contribution in [3.63, 3.8) is 0 Å². The van der Waals surface area contributed by atoms with E-state index in [1.54, 1.807) is 54.9 Å². The number of sulfonamides is 1. The molecule has 0 aliphatic rings. The van der Waals surface area contributed by atoms with Crippen molar-refractivity contribution < 1.29 is 13.2 Å². The molecule has 1 N–H and O–H groups in total. The summed E-state index contributed by atoms with van der Waals surface area (Å²) in [6, 6.07) is 15.6. The fraction of sp³-hybridized carbons (Fsp3) is 0.217. The zero-order valence-electron chi connectivity index (χ0n) is 17.3. The van der Waals surface area contributed by atoms with Crippen molar-refractivity contribution in [2.75, 3.05) is 10.8 Å². The van der Waals surface area contributed by atoms with Gasteiger partial charge >= 0.3 is 0 Å². The standard InChI is InChI=1S/C23H25N3O3S/c1-17-6-10-22(11-7-17)30(28,29)26(21-9-8-18(2)19(3)13-21)16-23(27)25-15-20-5-4-12-24-14-20/h4-14H,15-16H2,1-3H3,(H,25,27). The highest BCUT2D eigenvalue weighted by Crippen LogP contribution is 2.26. The second-order valence-corrected chi connectivity index (χ2v) is 9.09. The molecule has 2 aromatic carbocycles. The van der Waals surface area contributed by atoms with Crippen molar-refractivity contribution in [2.24, 2.45) is 0 Å². The van der Waals surface area contributed by atoms with Gasteiger partial charge in [-0.1, -0.05) is 29.8 Å². The molecule has 0 aliphatic heterocycles. The molecule has 1 amide bonds. The molecule has 30 heavy (non-hydrogen) atoms. The van der Waals surface area contributed by atoms with Gasteiger partial charge in [0.2, 0.25) is 5.91 Å². The molecule has 0 saturated carbocycles. The average molecular weight is 424 g/mol. The molecule has 3 aromatic rings. The predicted octanol–water partition coefficient (Wildman–Crippen LogP) is 3.52. The Kier molecular flexibility index (Phi) is 6.52. The SMILES string of the molecule is Cc1ccc(S(=O)(=O)N(CC(=O)NCc2cccnc2)c2ccc(C)c(C)c2)cc1. The summed E-state index contributed by atoms with van der Waals surface area (Å²) in [5, 5.41) is 2.77. The topological polar surface area (TPSA) is 79.4 Å². The summed E-state index contributed by atoms with van der Waals surface area (Å²) in [5.41, 5.74) is 4.25. The highest BCUT2D eigenvalue weighted by Gasteiger charge is 2.27. The molecule has 0 spiro atoms. The first-order valence-electron chi connectivity index (χ1n) is 9.59. The maximum absolute atomic E-state index is 13.4. The minimum absolute atomic E-state index is 0.145. The molecule has 156 valence electrons. The van der Waals surface area contributed by atoms with Crippen LogP contribution in [0.2, 0.25) is 0 Å². The Hall–Kier alpha value is -3.19. The quantitative estimate of drug-likeness (QED) is 0.631. The molecule has 0 aliphatic carbocycles. The number of nitrogens with one attached hydrogen (secondary N) is 1. The van der Waals surface area contributed by atoms with Gasteiger partial charge in [-0.3, -0.25) is 14.1 Å². The minimum atomic E-state index is -3.92. The largest absolute Gasteiger partial charge is 0.350 e. The number of aromatic nitrogens is 1. The first kappa shape index (κ1) is 21.5. The Morgan fingerprint density at radius 2 is 1.73 bits per heavy atom. The zero-order valence-corrected chi connectivity index (χ0v) is 18.1. The average Bonchev–Trinajstić information content (AvgIpc) is 2.73. The van der Waals surface area contributed by atoms with Crippen molar-refractivity contribution in [1.29, 1.82) is 0 Å². The molecule has 3 rings (SSSR count). The van der Waals surface area contributed by atoms with Crippen LogP contribution in [0.5, 0.6) is 0 Å². The lowest BCUT2D eigenvalue weighted by Crippen LogP contribution is -2.40. The van der Waals surface area contributed by atoms with Gasteiger partial charge in [-0.15, -0.1) is 0 Å². The van der Waals surface area contributed by atoms with Gasteiger partial charge in [0.25, 0.3) is 10.0 Å². The molecule has 6 nitrogen and oxygen atoms in total. The van der Waals surface area contributed by atoms with Gasteiger partial charge in [0.05, 0.1) is 10.6 Å². The van der Waals surface area contributed by atoms with Crippen LogP contribution in [-0.2, 0) is 21.4 Å². The minimum Gasteiger partial charge on any atom is -0.350 e. The lowest BCUT2D eigenvalue weighted by atomic mass is 10.1. The van der Waals surface area contributed by atoms with Crippen molar-refractivity contribution >= 4 is 21.6 Å². The van der Waals surface area contributed by atoms with Gasteiger partial charge < -0.3 is 5.32 Å². The summed E-state index contributed by atoms with van der Waals surface area (Å²) in [7, 11) is -3.92. The third-order valence-corrected chi connectivity index (χ3v) is 6.68. The van der Waals surface area contributed by atoms with Gasteiger partial charge in [-0.05, 0) is 67.8 Å². The van der Waals surface area contributed by atoms with Crippen LogP contribution in [0, 0.1) is 20.8 Å². The molecule has 1 heterocycles. The normalized spacial score (nSPS) is 11.2. The lowest BCUT2D eigenvalue weighted by Gasteiger charge is -2.25. The van der Waals surface area contributed by atoms with E-state index in [-0.39, 0.29) is 18.0 Å². The maximum Gasteiger partial charge on any atom is 0.264 e. The Morgan fingerprint density at radius 1 is 1.00 bits per heavy atom. The first-order valence-corrected chi connectivity index (χ1v) is 11.0. The summed E-state index contributed by atoms with van der Waals surface area (Å²) in [4.78, 5) is 16.8. The number of carbonyl (C=O) groups is 1. The number of pyridine rings is 1. The van der Waals surface area contributed by atoms with Crippen LogP contribution in [0.3, 0.4) is 0 Å². The Balaban J connectivity index is 1.90. The number of aryl methyl sites for hydroxylation is 3. The van der Waals surface area contributed by atoms with E-state index in [1.807, 2.05) is 32.9 Å². The van der Waals surface area contributed by atoms with E-state index in [0.29, 0.717) is 5.69 Å². The summed E-state index contributed by atoms with van der Waals surface area (Å²) in [5.74, 6) is -0.396. The Morgan fingerprint density at radius 3 is 2.37 bits per heavy atom. The third kappa shape index (κ3) is 5.04. The molecular formula is C23H25N3O3S. The van der Waals surface area contributed by atoms with E-state index in [0.717, 1.165) is 26.6 Å². The molecule has 1 aromatic heterocycles. The van der Waals surface area contributed by atoms with Crippen LogP contribution in [-0.4, -0.2) is 25.9 Å². The van der Waals surface area contributed by atoms with Crippen LogP contribution in [0.25, 0.3) is 0 Å². The molecule has 7 heteroatoms. The Bertz CT molecular complexity index is 1130. The third-order valence-electron chi connectivity index (χ3n) is 4.89. The number of anilines is 1. The number of rotatable bonds is 7. The fourth-order valence-corrected chi connectivity index (χ4v) is 4.34. The van der Waals surface area contributed by atoms with Crippen LogP contribution >= 0.6 is 0 Å². The second kappa shape index (κ2) is 9.09. The van der Waals surface area contributed by atoms with Crippen LogP contribution in [0.15, 0.2) is 71.9 Å². The fourth-order valence-electron chi connectivity index (χ4n) is 2.92. The van der Waals surface area contributed by atoms with Gasteiger partial charge in [0.1, 0.15) is 6.54 Å². The van der Waals surface area contributed by atoms with Crippen molar-refractivity contribution in [1.82, 2.24) is 10.3 Å². The van der Waals surface area contributed by atoms with E-state index in [4.69, 9.17) is 0 Å². The Labute approximate surface area is 177 Å². The molecule has 0 fully saturated rings. The molecule has 0 radical (unpaired) electrons. The number of hydrogen-bond acceptors (Lipinski definition) is 4. The highest BCUT2D eigenvalue weighted by molar-refractivity contribution is 7.92. The highest BCUT2D eigenvalue weighted by atomic mass is 32.2. The van der Waals surface area contributed by atoms with Crippen molar-refractivity contribution in [3.05, 3.63) is 89.2 Å². The van der Waals surface area contributed by atoms with Gasteiger partial charge in [0.15, 0.2) is 0 Å². The van der Waals surface area contributed by atoms with Crippen molar-refractivity contribution in [3.8, 4) is 0 Å². The molecular weight excluding hydrogens is 398 g/mol. The summed E-state index contributed by atoms with van der Waals surface area (Å²) >= 11 is 0. The van der Waals surface area contributed by atoms with Crippen LogP contribution in [0.1, 0.15) is 22.3 Å². The van der Waals surface area contributed by atoms with Gasteiger partial charge in [-0.25, -0.2) is 8.42 Å². The molecule has 0 bridgehead atoms. The van der Waals surface area contributed by atoms with E-state index in [2.05, 4.69) is 10.3 Å². The van der Waals surface area contributed by atoms with E-state index >= 15 is 0 Å².